The van der Waals surface area contributed by atoms with Crippen LogP contribution in [0.15, 0.2) is 108 Å². The van der Waals surface area contributed by atoms with Crippen LogP contribution in [0, 0.1) is 6.92 Å². The number of nitrogens with zero attached hydrogens (tertiary/aromatic N) is 3. The lowest BCUT2D eigenvalue weighted by Crippen LogP contribution is -2.38. The summed E-state index contributed by atoms with van der Waals surface area (Å²) in [5, 5.41) is 0. The topological polar surface area (TPSA) is 90.0 Å². The molecule has 1 N–H and O–H groups in total. The highest BCUT2D eigenvalue weighted by molar-refractivity contribution is 7.92. The van der Waals surface area contributed by atoms with Crippen molar-refractivity contribution in [2.75, 3.05) is 42.8 Å². The summed E-state index contributed by atoms with van der Waals surface area (Å²) in [5.41, 5.74) is 4.39. The molecule has 2 amide bonds. The van der Waals surface area contributed by atoms with E-state index in [4.69, 9.17) is 0 Å². The molecule has 1 saturated heterocycles. The van der Waals surface area contributed by atoms with Gasteiger partial charge in [0.2, 0.25) is 5.91 Å². The van der Waals surface area contributed by atoms with Crippen LogP contribution in [0.4, 0.5) is 11.4 Å². The lowest BCUT2D eigenvalue weighted by Gasteiger charge is -2.28. The predicted molar refractivity (Wildman–Crippen MR) is 184 cm³/mol. The van der Waals surface area contributed by atoms with E-state index in [0.29, 0.717) is 49.7 Å². The summed E-state index contributed by atoms with van der Waals surface area (Å²) in [4.78, 5) is 33.6. The number of nitrogens with one attached hydrogen (secondary N) is 1. The molecule has 9 heteroatoms. The molecule has 0 spiro atoms. The van der Waals surface area contributed by atoms with Crippen LogP contribution in [0.1, 0.15) is 52.7 Å². The molecular formula is C37H42N4O4S. The standard InChI is InChI=1S/C37H42N4O4S/c1-4-33(30-14-9-6-10-15-30)37(43)41-23-11-22-40(24-25-41)35-21-18-31(38-46(44,45)32-19-16-28(2)17-20-32)26-34(35)36(42)39(3)27-29-12-7-5-8-13-29/h5-10,12-21,26,33,38H,4,11,22-25,27H2,1-3H3/t33-/m0/s1. The first kappa shape index (κ1) is 32.8. The van der Waals surface area contributed by atoms with E-state index in [-0.39, 0.29) is 22.6 Å². The van der Waals surface area contributed by atoms with Crippen molar-refractivity contribution in [3.63, 3.8) is 0 Å². The van der Waals surface area contributed by atoms with Gasteiger partial charge >= 0.3 is 0 Å². The number of rotatable bonds is 10. The van der Waals surface area contributed by atoms with Gasteiger partial charge in [-0.1, -0.05) is 85.3 Å². The van der Waals surface area contributed by atoms with E-state index in [1.54, 1.807) is 48.3 Å². The molecule has 1 aliphatic rings. The number of anilines is 2. The summed E-state index contributed by atoms with van der Waals surface area (Å²) in [5.74, 6) is -0.296. The highest BCUT2D eigenvalue weighted by Gasteiger charge is 2.28. The van der Waals surface area contributed by atoms with Gasteiger partial charge in [-0.3, -0.25) is 14.3 Å². The molecule has 1 fully saturated rings. The van der Waals surface area contributed by atoms with Crippen LogP contribution < -0.4 is 9.62 Å². The summed E-state index contributed by atoms with van der Waals surface area (Å²) >= 11 is 0. The number of hydrogen-bond donors (Lipinski definition) is 1. The summed E-state index contributed by atoms with van der Waals surface area (Å²) in [6.07, 6.45) is 1.46. The smallest absolute Gasteiger partial charge is 0.261 e. The molecule has 0 bridgehead atoms. The first-order valence-corrected chi connectivity index (χ1v) is 17.3. The van der Waals surface area contributed by atoms with E-state index in [1.165, 1.54) is 0 Å². The van der Waals surface area contributed by atoms with Gasteiger partial charge in [0.15, 0.2) is 0 Å². The molecule has 4 aromatic carbocycles. The minimum Gasteiger partial charge on any atom is -0.369 e. The lowest BCUT2D eigenvalue weighted by molar-refractivity contribution is -0.132. The number of carbonyl (C=O) groups is 2. The van der Waals surface area contributed by atoms with Crippen molar-refractivity contribution >= 4 is 33.2 Å². The van der Waals surface area contributed by atoms with Crippen LogP contribution in [0.3, 0.4) is 0 Å². The van der Waals surface area contributed by atoms with Gasteiger partial charge in [-0.25, -0.2) is 8.42 Å². The van der Waals surface area contributed by atoms with E-state index in [0.717, 1.165) is 29.5 Å². The maximum Gasteiger partial charge on any atom is 0.261 e. The maximum atomic E-state index is 14.0. The second kappa shape index (κ2) is 14.6. The van der Waals surface area contributed by atoms with E-state index >= 15 is 0 Å². The molecular weight excluding hydrogens is 596 g/mol. The van der Waals surface area contributed by atoms with Gasteiger partial charge < -0.3 is 14.7 Å². The van der Waals surface area contributed by atoms with E-state index in [1.807, 2.05) is 85.5 Å². The largest absolute Gasteiger partial charge is 0.369 e. The molecule has 0 unspecified atom stereocenters. The van der Waals surface area contributed by atoms with Gasteiger partial charge in [-0.2, -0.15) is 0 Å². The number of aryl methyl sites for hydroxylation is 1. The van der Waals surface area contributed by atoms with Gasteiger partial charge in [-0.15, -0.1) is 0 Å². The summed E-state index contributed by atoms with van der Waals surface area (Å²) < 4.78 is 29.1. The molecule has 1 aliphatic heterocycles. The zero-order valence-corrected chi connectivity index (χ0v) is 27.5. The molecule has 0 aromatic heterocycles. The van der Waals surface area contributed by atoms with Crippen LogP contribution in [0.25, 0.3) is 0 Å². The average molecular weight is 639 g/mol. The average Bonchev–Trinajstić information content (AvgIpc) is 3.32. The van der Waals surface area contributed by atoms with Gasteiger partial charge in [0, 0.05) is 51.1 Å². The van der Waals surface area contributed by atoms with Crippen molar-refractivity contribution in [2.45, 2.75) is 44.0 Å². The van der Waals surface area contributed by atoms with Crippen molar-refractivity contribution in [1.82, 2.24) is 9.80 Å². The third kappa shape index (κ3) is 7.77. The molecule has 1 atom stereocenters. The fourth-order valence-electron chi connectivity index (χ4n) is 5.95. The van der Waals surface area contributed by atoms with Gasteiger partial charge in [0.25, 0.3) is 15.9 Å². The Morgan fingerprint density at radius 2 is 1.52 bits per heavy atom. The minimum atomic E-state index is -3.87. The Kier molecular flexibility index (Phi) is 10.4. The molecule has 4 aromatic rings. The second-order valence-corrected chi connectivity index (χ2v) is 13.5. The van der Waals surface area contributed by atoms with Crippen molar-refractivity contribution in [2.24, 2.45) is 0 Å². The third-order valence-electron chi connectivity index (χ3n) is 8.48. The molecule has 0 saturated carbocycles. The van der Waals surface area contributed by atoms with Crippen LogP contribution >= 0.6 is 0 Å². The van der Waals surface area contributed by atoms with E-state index < -0.39 is 10.0 Å². The quantitative estimate of drug-likeness (QED) is 0.220. The first-order chi connectivity index (χ1) is 22.2. The fourth-order valence-corrected chi connectivity index (χ4v) is 7.00. The van der Waals surface area contributed by atoms with Gasteiger partial charge in [0.05, 0.1) is 16.4 Å². The molecule has 8 nitrogen and oxygen atoms in total. The number of sulfonamides is 1. The van der Waals surface area contributed by atoms with Gasteiger partial charge in [-0.05, 0) is 61.2 Å². The fraction of sp³-hybridized carbons (Fsp3) is 0.297. The Morgan fingerprint density at radius 3 is 2.20 bits per heavy atom. The molecule has 0 aliphatic carbocycles. The van der Waals surface area contributed by atoms with Crippen LogP contribution in [-0.2, 0) is 21.4 Å². The Hall–Kier alpha value is -4.63. The molecule has 46 heavy (non-hydrogen) atoms. The zero-order chi connectivity index (χ0) is 32.7. The molecule has 240 valence electrons. The monoisotopic (exact) mass is 638 g/mol. The Bertz CT molecular complexity index is 1750. The Morgan fingerprint density at radius 1 is 0.848 bits per heavy atom. The molecule has 1 heterocycles. The SMILES string of the molecule is CC[C@H](C(=O)N1CCCN(c2ccc(NS(=O)(=O)c3ccc(C)cc3)cc2C(=O)N(C)Cc2ccccc2)CC1)c1ccccc1. The highest BCUT2D eigenvalue weighted by Crippen LogP contribution is 2.30. The van der Waals surface area contributed by atoms with E-state index in [9.17, 15) is 18.0 Å². The van der Waals surface area contributed by atoms with E-state index in [2.05, 4.69) is 9.62 Å². The number of carbonyl (C=O) groups excluding carboxylic acids is 2. The Labute approximate surface area is 272 Å². The Balaban J connectivity index is 1.41. The number of amides is 2. The van der Waals surface area contributed by atoms with Crippen LogP contribution in [0.2, 0.25) is 0 Å². The van der Waals surface area contributed by atoms with Crippen LogP contribution in [0.5, 0.6) is 0 Å². The third-order valence-corrected chi connectivity index (χ3v) is 9.87. The summed E-state index contributed by atoms with van der Waals surface area (Å²) in [6.45, 7) is 6.70. The molecule has 5 rings (SSSR count). The summed E-state index contributed by atoms with van der Waals surface area (Å²) in [6, 6.07) is 31.4. The van der Waals surface area contributed by atoms with Crippen molar-refractivity contribution in [3.8, 4) is 0 Å². The van der Waals surface area contributed by atoms with Crippen molar-refractivity contribution in [3.05, 3.63) is 125 Å². The predicted octanol–water partition coefficient (Wildman–Crippen LogP) is 6.30. The number of benzene rings is 4. The minimum absolute atomic E-state index is 0.121. The van der Waals surface area contributed by atoms with Gasteiger partial charge in [0.1, 0.15) is 0 Å². The first-order valence-electron chi connectivity index (χ1n) is 15.8. The molecule has 0 radical (unpaired) electrons. The normalized spacial score (nSPS) is 14.3. The summed E-state index contributed by atoms with van der Waals surface area (Å²) in [7, 11) is -2.12. The van der Waals surface area contributed by atoms with Crippen molar-refractivity contribution in [1.29, 1.82) is 0 Å². The zero-order valence-electron chi connectivity index (χ0n) is 26.7. The maximum absolute atomic E-state index is 14.0. The highest BCUT2D eigenvalue weighted by atomic mass is 32.2. The number of hydrogen-bond acceptors (Lipinski definition) is 5. The van der Waals surface area contributed by atoms with Crippen LogP contribution in [-0.4, -0.2) is 63.3 Å². The second-order valence-electron chi connectivity index (χ2n) is 11.8. The van der Waals surface area contributed by atoms with Crippen molar-refractivity contribution < 1.29 is 18.0 Å². The lowest BCUT2D eigenvalue weighted by atomic mass is 9.95.